The van der Waals surface area contributed by atoms with Crippen molar-refractivity contribution in [3.63, 3.8) is 0 Å². The minimum absolute atomic E-state index is 0. The molecule has 146 valence electrons. The molecule has 7 heteroatoms. The van der Waals surface area contributed by atoms with Crippen LogP contribution >= 0.6 is 24.0 Å². The number of benzene rings is 2. The van der Waals surface area contributed by atoms with Gasteiger partial charge in [-0.25, -0.2) is 4.39 Å². The van der Waals surface area contributed by atoms with Crippen molar-refractivity contribution in [2.75, 3.05) is 27.2 Å². The average molecular weight is 484 g/mol. The van der Waals surface area contributed by atoms with Crippen LogP contribution in [0, 0.1) is 12.7 Å². The second-order valence-corrected chi connectivity index (χ2v) is 6.04. The Morgan fingerprint density at radius 3 is 2.41 bits per heavy atom. The standard InChI is InChI=1S/C20H25FN4O.HI/c1-15-9-10-17(13-18(15)21)19(26)23-11-12-24-20(22-2)25(3)14-16-7-5-4-6-8-16;/h4-10,13H,11-12,14H2,1-3H3,(H,22,24)(H,23,26);1H. The molecule has 0 aliphatic carbocycles. The third-order valence-electron chi connectivity index (χ3n) is 3.96. The molecule has 0 spiro atoms. The molecule has 0 fully saturated rings. The van der Waals surface area contributed by atoms with Gasteiger partial charge in [0.15, 0.2) is 5.96 Å². The Morgan fingerprint density at radius 2 is 1.78 bits per heavy atom. The zero-order valence-corrected chi connectivity index (χ0v) is 18.2. The van der Waals surface area contributed by atoms with E-state index in [4.69, 9.17) is 0 Å². The summed E-state index contributed by atoms with van der Waals surface area (Å²) in [7, 11) is 3.67. The van der Waals surface area contributed by atoms with Crippen molar-refractivity contribution in [1.82, 2.24) is 15.5 Å². The highest BCUT2D eigenvalue weighted by Gasteiger charge is 2.09. The molecule has 0 aliphatic heterocycles. The largest absolute Gasteiger partial charge is 0.354 e. The van der Waals surface area contributed by atoms with E-state index in [2.05, 4.69) is 27.8 Å². The Bertz CT molecular complexity index is 768. The smallest absolute Gasteiger partial charge is 0.251 e. The van der Waals surface area contributed by atoms with Crippen LogP contribution in [0.25, 0.3) is 0 Å². The van der Waals surface area contributed by atoms with Crippen LogP contribution in [0.5, 0.6) is 0 Å². The molecular formula is C20H26FIN4O. The number of halogens is 2. The van der Waals surface area contributed by atoms with Crippen molar-refractivity contribution in [3.05, 3.63) is 71.0 Å². The first-order chi connectivity index (χ1) is 12.5. The van der Waals surface area contributed by atoms with E-state index < -0.39 is 0 Å². The molecule has 5 nitrogen and oxygen atoms in total. The normalized spacial score (nSPS) is 10.7. The molecule has 2 N–H and O–H groups in total. The molecule has 0 radical (unpaired) electrons. The van der Waals surface area contributed by atoms with E-state index in [1.807, 2.05) is 30.1 Å². The molecule has 2 aromatic carbocycles. The van der Waals surface area contributed by atoms with Crippen molar-refractivity contribution >= 4 is 35.8 Å². The summed E-state index contributed by atoms with van der Waals surface area (Å²) < 4.78 is 13.5. The summed E-state index contributed by atoms with van der Waals surface area (Å²) in [5.41, 5.74) is 2.03. The highest BCUT2D eigenvalue weighted by Crippen LogP contribution is 2.08. The number of rotatable bonds is 6. The molecule has 0 atom stereocenters. The molecule has 1 amide bonds. The van der Waals surface area contributed by atoms with Gasteiger partial charge in [-0.2, -0.15) is 0 Å². The van der Waals surface area contributed by atoms with Crippen LogP contribution in [-0.4, -0.2) is 44.0 Å². The molecule has 0 aromatic heterocycles. The second-order valence-electron chi connectivity index (χ2n) is 6.04. The summed E-state index contributed by atoms with van der Waals surface area (Å²) in [6.45, 7) is 3.33. The van der Waals surface area contributed by atoms with Gasteiger partial charge in [0.05, 0.1) is 0 Å². The van der Waals surface area contributed by atoms with Crippen molar-refractivity contribution in [2.45, 2.75) is 13.5 Å². The summed E-state index contributed by atoms with van der Waals surface area (Å²) in [4.78, 5) is 18.3. The van der Waals surface area contributed by atoms with E-state index in [0.29, 0.717) is 24.2 Å². The summed E-state index contributed by atoms with van der Waals surface area (Å²) in [5, 5.41) is 5.98. The van der Waals surface area contributed by atoms with Gasteiger partial charge < -0.3 is 15.5 Å². The number of amides is 1. The first-order valence-electron chi connectivity index (χ1n) is 8.51. The summed E-state index contributed by atoms with van der Waals surface area (Å²) in [6, 6.07) is 14.6. The van der Waals surface area contributed by atoms with Crippen LogP contribution in [0.1, 0.15) is 21.5 Å². The van der Waals surface area contributed by atoms with Crippen molar-refractivity contribution in [3.8, 4) is 0 Å². The van der Waals surface area contributed by atoms with E-state index in [-0.39, 0.29) is 35.7 Å². The van der Waals surface area contributed by atoms with Gasteiger partial charge in [-0.1, -0.05) is 36.4 Å². The van der Waals surface area contributed by atoms with Gasteiger partial charge in [0.2, 0.25) is 0 Å². The molecule has 2 rings (SSSR count). The van der Waals surface area contributed by atoms with Crippen LogP contribution < -0.4 is 10.6 Å². The number of carbonyl (C=O) groups is 1. The Hall–Kier alpha value is -2.16. The predicted octanol–water partition coefficient (Wildman–Crippen LogP) is 3.19. The van der Waals surface area contributed by atoms with Crippen molar-refractivity contribution in [1.29, 1.82) is 0 Å². The van der Waals surface area contributed by atoms with Crippen LogP contribution in [0.4, 0.5) is 4.39 Å². The number of nitrogens with zero attached hydrogens (tertiary/aromatic N) is 2. The maximum atomic E-state index is 13.5. The fourth-order valence-electron chi connectivity index (χ4n) is 2.50. The van der Waals surface area contributed by atoms with Crippen LogP contribution in [0.15, 0.2) is 53.5 Å². The molecule has 0 heterocycles. The van der Waals surface area contributed by atoms with Gasteiger partial charge >= 0.3 is 0 Å². The number of aryl methyl sites for hydroxylation is 1. The van der Waals surface area contributed by atoms with E-state index in [1.54, 1.807) is 26.1 Å². The molecule has 0 unspecified atom stereocenters. The van der Waals surface area contributed by atoms with E-state index in [9.17, 15) is 9.18 Å². The second kappa shape index (κ2) is 11.5. The van der Waals surface area contributed by atoms with Crippen molar-refractivity contribution < 1.29 is 9.18 Å². The fourth-order valence-corrected chi connectivity index (χ4v) is 2.50. The highest BCUT2D eigenvalue weighted by atomic mass is 127. The molecular weight excluding hydrogens is 458 g/mol. The number of guanidine groups is 1. The number of carbonyl (C=O) groups excluding carboxylic acids is 1. The number of hydrogen-bond acceptors (Lipinski definition) is 2. The SMILES string of the molecule is CN=C(NCCNC(=O)c1ccc(C)c(F)c1)N(C)Cc1ccccc1.I. The van der Waals surface area contributed by atoms with E-state index in [1.165, 1.54) is 11.6 Å². The third kappa shape index (κ3) is 7.16. The Labute approximate surface area is 177 Å². The van der Waals surface area contributed by atoms with Crippen LogP contribution in [0.2, 0.25) is 0 Å². The quantitative estimate of drug-likeness (QED) is 0.287. The predicted molar refractivity (Wildman–Crippen MR) is 118 cm³/mol. The molecule has 0 bridgehead atoms. The van der Waals surface area contributed by atoms with E-state index >= 15 is 0 Å². The minimum atomic E-state index is -0.376. The summed E-state index contributed by atoms with van der Waals surface area (Å²) in [6.07, 6.45) is 0. The first-order valence-corrected chi connectivity index (χ1v) is 8.51. The average Bonchev–Trinajstić information content (AvgIpc) is 2.64. The van der Waals surface area contributed by atoms with E-state index in [0.717, 1.165) is 12.5 Å². The maximum Gasteiger partial charge on any atom is 0.251 e. The monoisotopic (exact) mass is 484 g/mol. The van der Waals surface area contributed by atoms with Crippen LogP contribution in [0.3, 0.4) is 0 Å². The third-order valence-corrected chi connectivity index (χ3v) is 3.96. The van der Waals surface area contributed by atoms with Gasteiger partial charge in [0.25, 0.3) is 5.91 Å². The Morgan fingerprint density at radius 1 is 1.11 bits per heavy atom. The van der Waals surface area contributed by atoms with Gasteiger partial charge in [-0.05, 0) is 30.2 Å². The van der Waals surface area contributed by atoms with Crippen LogP contribution in [-0.2, 0) is 6.54 Å². The topological polar surface area (TPSA) is 56.7 Å². The highest BCUT2D eigenvalue weighted by molar-refractivity contribution is 14.0. The lowest BCUT2D eigenvalue weighted by atomic mass is 10.1. The molecule has 0 saturated heterocycles. The Balaban J connectivity index is 0.00000364. The number of nitrogens with one attached hydrogen (secondary N) is 2. The zero-order valence-electron chi connectivity index (χ0n) is 15.8. The lowest BCUT2D eigenvalue weighted by Crippen LogP contribution is -2.42. The van der Waals surface area contributed by atoms with Gasteiger partial charge in [0.1, 0.15) is 5.82 Å². The summed E-state index contributed by atoms with van der Waals surface area (Å²) in [5.74, 6) is 0.0709. The molecule has 0 saturated carbocycles. The van der Waals surface area contributed by atoms with Gasteiger partial charge in [-0.15, -0.1) is 24.0 Å². The lowest BCUT2D eigenvalue weighted by Gasteiger charge is -2.22. The molecule has 0 aliphatic rings. The van der Waals surface area contributed by atoms with Gasteiger partial charge in [0, 0.05) is 39.3 Å². The van der Waals surface area contributed by atoms with Gasteiger partial charge in [-0.3, -0.25) is 9.79 Å². The maximum absolute atomic E-state index is 13.5. The molecule has 2 aromatic rings. The Kier molecular flexibility index (Phi) is 9.77. The minimum Gasteiger partial charge on any atom is -0.354 e. The molecule has 27 heavy (non-hydrogen) atoms. The fraction of sp³-hybridized carbons (Fsp3) is 0.300. The lowest BCUT2D eigenvalue weighted by molar-refractivity contribution is 0.0954. The summed E-state index contributed by atoms with van der Waals surface area (Å²) >= 11 is 0. The number of hydrogen-bond donors (Lipinski definition) is 2. The zero-order chi connectivity index (χ0) is 18.9. The first kappa shape index (κ1) is 22.9. The van der Waals surface area contributed by atoms with Crippen molar-refractivity contribution in [2.24, 2.45) is 4.99 Å². The number of aliphatic imine (C=N–C) groups is 1.